The Labute approximate surface area is 142 Å². The van der Waals surface area contributed by atoms with Crippen LogP contribution in [-0.2, 0) is 10.3 Å². The van der Waals surface area contributed by atoms with Crippen LogP contribution in [0.25, 0.3) is 0 Å². The topological polar surface area (TPSA) is 95.6 Å². The predicted octanol–water partition coefficient (Wildman–Crippen LogP) is 1.02. The van der Waals surface area contributed by atoms with E-state index in [4.69, 9.17) is 0 Å². The summed E-state index contributed by atoms with van der Waals surface area (Å²) in [5, 5.41) is 4.78. The Hall–Kier alpha value is -3.48. The minimum Gasteiger partial charge on any atom is -0.318 e. The molecular weight excluding hydrogens is 322 g/mol. The highest BCUT2D eigenvalue weighted by molar-refractivity contribution is 6.22. The number of rotatable bonds is 3. The van der Waals surface area contributed by atoms with Gasteiger partial charge in [0.25, 0.3) is 17.7 Å². The largest absolute Gasteiger partial charge is 0.322 e. The van der Waals surface area contributed by atoms with Crippen LogP contribution in [0.15, 0.2) is 54.6 Å². The Morgan fingerprint density at radius 3 is 1.88 bits per heavy atom. The summed E-state index contributed by atoms with van der Waals surface area (Å²) in [7, 11) is 0. The van der Waals surface area contributed by atoms with Crippen LogP contribution in [0, 0.1) is 0 Å². The molecule has 7 heteroatoms. The second-order valence-electron chi connectivity index (χ2n) is 5.92. The first-order valence-electron chi connectivity index (χ1n) is 7.67. The number of nitrogens with zero attached hydrogens (tertiary/aromatic N) is 1. The lowest BCUT2D eigenvalue weighted by Crippen LogP contribution is -2.53. The summed E-state index contributed by atoms with van der Waals surface area (Å²) >= 11 is 0. The van der Waals surface area contributed by atoms with Crippen molar-refractivity contribution in [3.63, 3.8) is 0 Å². The molecule has 0 saturated carbocycles. The molecule has 1 fully saturated rings. The quantitative estimate of drug-likeness (QED) is 0.646. The van der Waals surface area contributed by atoms with Crippen LogP contribution in [-0.4, -0.2) is 35.2 Å². The molecule has 2 aromatic rings. The smallest absolute Gasteiger partial charge is 0.318 e. The highest BCUT2D eigenvalue weighted by atomic mass is 16.2. The highest BCUT2D eigenvalue weighted by Gasteiger charge is 2.52. The van der Waals surface area contributed by atoms with E-state index in [9.17, 15) is 19.2 Å². The minimum atomic E-state index is -1.51. The maximum Gasteiger partial charge on any atom is 0.322 e. The van der Waals surface area contributed by atoms with Gasteiger partial charge in [0.1, 0.15) is 0 Å². The summed E-state index contributed by atoms with van der Waals surface area (Å²) in [5.74, 6) is -1.56. The van der Waals surface area contributed by atoms with Gasteiger partial charge in [-0.25, -0.2) is 4.79 Å². The van der Waals surface area contributed by atoms with Crippen molar-refractivity contribution in [3.8, 4) is 0 Å². The average molecular weight is 335 g/mol. The third kappa shape index (κ3) is 2.13. The van der Waals surface area contributed by atoms with Gasteiger partial charge in [0.2, 0.25) is 0 Å². The molecule has 1 saturated heterocycles. The molecule has 2 aromatic carbocycles. The molecule has 7 nitrogen and oxygen atoms in total. The van der Waals surface area contributed by atoms with E-state index in [1.165, 1.54) is 0 Å². The SMILES string of the molecule is O=C1NC(=O)C(CN2C(=O)c3ccccc3C2=O)(c2ccccc2)N1. The Morgan fingerprint density at radius 1 is 0.800 bits per heavy atom. The fourth-order valence-electron chi connectivity index (χ4n) is 3.24. The molecule has 0 aliphatic carbocycles. The number of benzene rings is 2. The normalized spacial score (nSPS) is 22.0. The first-order valence-corrected chi connectivity index (χ1v) is 7.67. The number of hydrogen-bond donors (Lipinski definition) is 2. The number of carbonyl (C=O) groups excluding carboxylic acids is 4. The van der Waals surface area contributed by atoms with E-state index in [1.807, 2.05) is 0 Å². The van der Waals surface area contributed by atoms with Gasteiger partial charge in [-0.15, -0.1) is 0 Å². The number of nitrogens with one attached hydrogen (secondary N) is 2. The van der Waals surface area contributed by atoms with Gasteiger partial charge in [-0.05, 0) is 17.7 Å². The third-order valence-electron chi connectivity index (χ3n) is 4.48. The molecule has 2 N–H and O–H groups in total. The second-order valence-corrected chi connectivity index (χ2v) is 5.92. The van der Waals surface area contributed by atoms with Crippen molar-refractivity contribution in [2.24, 2.45) is 0 Å². The molecule has 2 aliphatic heterocycles. The number of fused-ring (bicyclic) bond motifs is 1. The maximum atomic E-state index is 12.6. The second kappa shape index (κ2) is 5.27. The molecule has 1 atom stereocenters. The number of urea groups is 1. The van der Waals surface area contributed by atoms with Crippen molar-refractivity contribution in [1.82, 2.24) is 15.5 Å². The summed E-state index contributed by atoms with van der Waals surface area (Å²) in [5.41, 5.74) is -0.429. The molecule has 5 amide bonds. The maximum absolute atomic E-state index is 12.6. The third-order valence-corrected chi connectivity index (χ3v) is 4.48. The Morgan fingerprint density at radius 2 is 1.36 bits per heavy atom. The van der Waals surface area contributed by atoms with E-state index >= 15 is 0 Å². The molecule has 0 bridgehead atoms. The highest BCUT2D eigenvalue weighted by Crippen LogP contribution is 2.30. The zero-order valence-electron chi connectivity index (χ0n) is 13.0. The lowest BCUT2D eigenvalue weighted by molar-refractivity contribution is -0.124. The molecule has 0 aromatic heterocycles. The van der Waals surface area contributed by atoms with Crippen LogP contribution in [0.2, 0.25) is 0 Å². The number of carbonyl (C=O) groups is 4. The van der Waals surface area contributed by atoms with Gasteiger partial charge < -0.3 is 5.32 Å². The lowest BCUT2D eigenvalue weighted by atomic mass is 9.89. The molecule has 2 aliphatic rings. The fourth-order valence-corrected chi connectivity index (χ4v) is 3.24. The van der Waals surface area contributed by atoms with E-state index in [-0.39, 0.29) is 6.54 Å². The standard InChI is InChI=1S/C18H13N3O4/c22-14-12-8-4-5-9-13(12)15(23)21(14)10-18(11-6-2-1-3-7-11)16(24)19-17(25)20-18/h1-9H,10H2,(H2,19,20,24,25). The summed E-state index contributed by atoms with van der Waals surface area (Å²) < 4.78 is 0. The number of imide groups is 2. The van der Waals surface area contributed by atoms with Crippen LogP contribution in [0.5, 0.6) is 0 Å². The number of hydrogen-bond acceptors (Lipinski definition) is 4. The minimum absolute atomic E-state index is 0.277. The van der Waals surface area contributed by atoms with Gasteiger partial charge in [-0.1, -0.05) is 42.5 Å². The Kier molecular flexibility index (Phi) is 3.18. The lowest BCUT2D eigenvalue weighted by Gasteiger charge is -2.30. The van der Waals surface area contributed by atoms with Crippen molar-refractivity contribution < 1.29 is 19.2 Å². The molecule has 124 valence electrons. The molecule has 2 heterocycles. The fraction of sp³-hybridized carbons (Fsp3) is 0.111. The number of amides is 5. The summed E-state index contributed by atoms with van der Waals surface area (Å²) in [6, 6.07) is 14.4. The molecule has 25 heavy (non-hydrogen) atoms. The van der Waals surface area contributed by atoms with Gasteiger partial charge in [0, 0.05) is 0 Å². The van der Waals surface area contributed by atoms with Crippen molar-refractivity contribution >= 4 is 23.8 Å². The van der Waals surface area contributed by atoms with Crippen LogP contribution < -0.4 is 10.6 Å². The zero-order chi connectivity index (χ0) is 17.6. The van der Waals surface area contributed by atoms with Crippen molar-refractivity contribution in [2.75, 3.05) is 6.54 Å². The van der Waals surface area contributed by atoms with E-state index in [0.29, 0.717) is 16.7 Å². The van der Waals surface area contributed by atoms with Crippen LogP contribution >= 0.6 is 0 Å². The summed E-state index contributed by atoms with van der Waals surface area (Å²) in [6.07, 6.45) is 0. The molecule has 0 radical (unpaired) electrons. The average Bonchev–Trinajstić information content (AvgIpc) is 3.05. The monoisotopic (exact) mass is 335 g/mol. The Bertz CT molecular complexity index is 890. The van der Waals surface area contributed by atoms with Gasteiger partial charge >= 0.3 is 6.03 Å². The van der Waals surface area contributed by atoms with Gasteiger partial charge in [0.05, 0.1) is 17.7 Å². The summed E-state index contributed by atoms with van der Waals surface area (Å²) in [4.78, 5) is 50.5. The zero-order valence-corrected chi connectivity index (χ0v) is 13.0. The molecule has 1 unspecified atom stereocenters. The van der Waals surface area contributed by atoms with E-state index in [1.54, 1.807) is 54.6 Å². The van der Waals surface area contributed by atoms with Crippen molar-refractivity contribution in [3.05, 3.63) is 71.3 Å². The van der Waals surface area contributed by atoms with Crippen LogP contribution in [0.3, 0.4) is 0 Å². The van der Waals surface area contributed by atoms with Crippen LogP contribution in [0.4, 0.5) is 4.79 Å². The van der Waals surface area contributed by atoms with E-state index in [0.717, 1.165) is 4.90 Å². The first kappa shape index (κ1) is 15.1. The van der Waals surface area contributed by atoms with Crippen LogP contribution in [0.1, 0.15) is 26.3 Å². The van der Waals surface area contributed by atoms with E-state index in [2.05, 4.69) is 10.6 Å². The Balaban J connectivity index is 1.77. The first-order chi connectivity index (χ1) is 12.0. The molecule has 0 spiro atoms. The van der Waals surface area contributed by atoms with E-state index < -0.39 is 29.3 Å². The molecular formula is C18H13N3O4. The van der Waals surface area contributed by atoms with Gasteiger partial charge in [-0.3, -0.25) is 24.6 Å². The van der Waals surface area contributed by atoms with Crippen molar-refractivity contribution in [1.29, 1.82) is 0 Å². The van der Waals surface area contributed by atoms with Gasteiger partial charge in [0.15, 0.2) is 5.54 Å². The van der Waals surface area contributed by atoms with Gasteiger partial charge in [-0.2, -0.15) is 0 Å². The van der Waals surface area contributed by atoms with Crippen molar-refractivity contribution in [2.45, 2.75) is 5.54 Å². The molecule has 4 rings (SSSR count). The predicted molar refractivity (Wildman–Crippen MR) is 86.6 cm³/mol. The summed E-state index contributed by atoms with van der Waals surface area (Å²) in [6.45, 7) is -0.277.